The van der Waals surface area contributed by atoms with E-state index in [9.17, 15) is 4.79 Å². The Morgan fingerprint density at radius 3 is 2.87 bits per heavy atom. The normalized spacial score (nSPS) is 21.2. The van der Waals surface area contributed by atoms with Crippen molar-refractivity contribution in [3.8, 4) is 5.75 Å². The first kappa shape index (κ1) is 18.1. The highest BCUT2D eigenvalue weighted by Crippen LogP contribution is 2.29. The molecule has 0 heterocycles. The summed E-state index contributed by atoms with van der Waals surface area (Å²) < 4.78 is 8.51. The van der Waals surface area contributed by atoms with Gasteiger partial charge < -0.3 is 10.1 Å². The van der Waals surface area contributed by atoms with Crippen LogP contribution >= 0.6 is 11.9 Å². The molecule has 0 spiro atoms. The van der Waals surface area contributed by atoms with Crippen molar-refractivity contribution in [3.05, 3.63) is 24.3 Å². The number of rotatable bonds is 7. The van der Waals surface area contributed by atoms with E-state index < -0.39 is 5.54 Å². The molecule has 1 amide bonds. The van der Waals surface area contributed by atoms with Crippen molar-refractivity contribution in [3.63, 3.8) is 0 Å². The van der Waals surface area contributed by atoms with Crippen molar-refractivity contribution in [2.24, 2.45) is 5.92 Å². The molecule has 0 aromatic heterocycles. The number of carbonyl (C=O) groups is 1. The second kappa shape index (κ2) is 8.06. The highest BCUT2D eigenvalue weighted by molar-refractivity contribution is 7.97. The first-order valence-corrected chi connectivity index (χ1v) is 9.17. The summed E-state index contributed by atoms with van der Waals surface area (Å²) in [5.41, 5.74) is -0.630. The molecule has 0 aliphatic heterocycles. The van der Waals surface area contributed by atoms with Gasteiger partial charge in [0.05, 0.1) is 7.11 Å². The second-order valence-corrected chi connectivity index (χ2v) is 7.57. The van der Waals surface area contributed by atoms with Crippen LogP contribution in [0.25, 0.3) is 0 Å². The van der Waals surface area contributed by atoms with Crippen LogP contribution in [0, 0.1) is 5.92 Å². The average molecular weight is 337 g/mol. The maximum absolute atomic E-state index is 12.6. The van der Waals surface area contributed by atoms with Gasteiger partial charge in [0.15, 0.2) is 0 Å². The van der Waals surface area contributed by atoms with Crippen LogP contribution in [0.3, 0.4) is 0 Å². The Kier molecular flexibility index (Phi) is 6.36. The van der Waals surface area contributed by atoms with Gasteiger partial charge in [-0.15, -0.1) is 0 Å². The zero-order chi connectivity index (χ0) is 16.9. The van der Waals surface area contributed by atoms with Crippen molar-refractivity contribution in [1.82, 2.24) is 10.0 Å². The topological polar surface area (TPSA) is 50.4 Å². The van der Waals surface area contributed by atoms with Gasteiger partial charge in [-0.1, -0.05) is 25.8 Å². The lowest BCUT2D eigenvalue weighted by atomic mass is 9.99. The Morgan fingerprint density at radius 2 is 2.17 bits per heavy atom. The number of nitrogens with one attached hydrogen (secondary N) is 2. The highest BCUT2D eigenvalue weighted by Gasteiger charge is 2.33. The van der Waals surface area contributed by atoms with Gasteiger partial charge in [-0.25, -0.2) is 4.72 Å². The summed E-state index contributed by atoms with van der Waals surface area (Å²) >= 11 is 1.46. The zero-order valence-electron chi connectivity index (χ0n) is 14.5. The number of hydrogen-bond acceptors (Lipinski definition) is 4. The minimum Gasteiger partial charge on any atom is -0.497 e. The summed E-state index contributed by atoms with van der Waals surface area (Å²) in [6.07, 6.45) is 4.68. The number of benzene rings is 1. The van der Waals surface area contributed by atoms with Crippen LogP contribution in [0.4, 0.5) is 0 Å². The Bertz CT molecular complexity index is 534. The van der Waals surface area contributed by atoms with Gasteiger partial charge in [-0.05, 0) is 62.8 Å². The van der Waals surface area contributed by atoms with Crippen molar-refractivity contribution in [2.75, 3.05) is 7.11 Å². The Labute approximate surface area is 143 Å². The van der Waals surface area contributed by atoms with Crippen LogP contribution in [0.15, 0.2) is 29.2 Å². The lowest BCUT2D eigenvalue weighted by Gasteiger charge is -2.28. The molecule has 1 aliphatic rings. The maximum atomic E-state index is 12.6. The van der Waals surface area contributed by atoms with E-state index in [1.165, 1.54) is 24.8 Å². The monoisotopic (exact) mass is 336 g/mol. The molecular formula is C18H28N2O2S. The third kappa shape index (κ3) is 4.88. The lowest BCUT2D eigenvalue weighted by molar-refractivity contribution is -0.126. The molecule has 23 heavy (non-hydrogen) atoms. The summed E-state index contributed by atoms with van der Waals surface area (Å²) in [5.74, 6) is 1.51. The molecular weight excluding hydrogens is 308 g/mol. The summed E-state index contributed by atoms with van der Waals surface area (Å²) in [5, 5.41) is 3.24. The SMILES string of the molecule is CCC1CCCC1NC(=O)C(C)(C)NSc1cccc(OC)c1. The predicted molar refractivity (Wildman–Crippen MR) is 95.6 cm³/mol. The molecule has 4 nitrogen and oxygen atoms in total. The second-order valence-electron chi connectivity index (χ2n) is 6.69. The van der Waals surface area contributed by atoms with Crippen LogP contribution in [0.2, 0.25) is 0 Å². The highest BCUT2D eigenvalue weighted by atomic mass is 32.2. The molecule has 1 aliphatic carbocycles. The molecule has 128 valence electrons. The smallest absolute Gasteiger partial charge is 0.240 e. The molecule has 5 heteroatoms. The standard InChI is InChI=1S/C18H28N2O2S/c1-5-13-8-6-11-16(13)19-17(21)18(2,3)20-23-15-10-7-9-14(12-15)22-4/h7,9-10,12-13,16,20H,5-6,8,11H2,1-4H3,(H,19,21). The van der Waals surface area contributed by atoms with E-state index in [-0.39, 0.29) is 5.91 Å². The number of carbonyl (C=O) groups excluding carboxylic acids is 1. The van der Waals surface area contributed by atoms with E-state index in [0.717, 1.165) is 23.5 Å². The van der Waals surface area contributed by atoms with Gasteiger partial charge >= 0.3 is 0 Å². The minimum absolute atomic E-state index is 0.0678. The van der Waals surface area contributed by atoms with Crippen molar-refractivity contribution >= 4 is 17.9 Å². The lowest BCUT2D eigenvalue weighted by Crippen LogP contribution is -2.53. The molecule has 2 N–H and O–H groups in total. The third-order valence-corrected chi connectivity index (χ3v) is 5.63. The Hall–Kier alpha value is -1.20. The van der Waals surface area contributed by atoms with E-state index in [4.69, 9.17) is 4.74 Å². The molecule has 0 saturated heterocycles. The summed E-state index contributed by atoms with van der Waals surface area (Å²) in [7, 11) is 1.65. The third-order valence-electron chi connectivity index (χ3n) is 4.53. The van der Waals surface area contributed by atoms with Crippen LogP contribution in [-0.4, -0.2) is 24.6 Å². The number of amides is 1. The van der Waals surface area contributed by atoms with Crippen LogP contribution in [0.5, 0.6) is 5.75 Å². The van der Waals surface area contributed by atoms with Gasteiger partial charge in [0.1, 0.15) is 11.3 Å². The molecule has 1 aromatic rings. The van der Waals surface area contributed by atoms with Gasteiger partial charge in [-0.3, -0.25) is 4.79 Å². The predicted octanol–water partition coefficient (Wildman–Crippen LogP) is 3.77. The van der Waals surface area contributed by atoms with E-state index in [1.807, 2.05) is 38.1 Å². The van der Waals surface area contributed by atoms with E-state index in [0.29, 0.717) is 12.0 Å². The fourth-order valence-corrected chi connectivity index (χ4v) is 3.75. The zero-order valence-corrected chi connectivity index (χ0v) is 15.3. The van der Waals surface area contributed by atoms with Gasteiger partial charge in [0.2, 0.25) is 5.91 Å². The average Bonchev–Trinajstić information content (AvgIpc) is 3.00. The molecule has 0 bridgehead atoms. The number of hydrogen-bond donors (Lipinski definition) is 2. The summed E-state index contributed by atoms with van der Waals surface area (Å²) in [4.78, 5) is 13.6. The maximum Gasteiger partial charge on any atom is 0.240 e. The molecule has 1 aromatic carbocycles. The molecule has 2 atom stereocenters. The minimum atomic E-state index is -0.630. The first-order valence-electron chi connectivity index (χ1n) is 8.35. The van der Waals surface area contributed by atoms with E-state index in [2.05, 4.69) is 17.0 Å². The quantitative estimate of drug-likeness (QED) is 0.744. The first-order chi connectivity index (χ1) is 11.0. The molecule has 0 radical (unpaired) electrons. The number of methoxy groups -OCH3 is 1. The number of ether oxygens (including phenoxy) is 1. The molecule has 2 rings (SSSR count). The van der Waals surface area contributed by atoms with Gasteiger partial charge in [0.25, 0.3) is 0 Å². The van der Waals surface area contributed by atoms with Crippen LogP contribution < -0.4 is 14.8 Å². The van der Waals surface area contributed by atoms with E-state index >= 15 is 0 Å². The Morgan fingerprint density at radius 1 is 1.39 bits per heavy atom. The fraction of sp³-hybridized carbons (Fsp3) is 0.611. The Balaban J connectivity index is 1.90. The summed E-state index contributed by atoms with van der Waals surface area (Å²) in [6, 6.07) is 8.14. The van der Waals surface area contributed by atoms with Crippen molar-refractivity contribution < 1.29 is 9.53 Å². The van der Waals surface area contributed by atoms with Crippen LogP contribution in [-0.2, 0) is 4.79 Å². The van der Waals surface area contributed by atoms with Gasteiger partial charge in [-0.2, -0.15) is 0 Å². The van der Waals surface area contributed by atoms with Gasteiger partial charge in [0, 0.05) is 10.9 Å². The van der Waals surface area contributed by atoms with E-state index in [1.54, 1.807) is 7.11 Å². The fourth-order valence-electron chi connectivity index (χ4n) is 2.96. The van der Waals surface area contributed by atoms with Crippen molar-refractivity contribution in [2.45, 2.75) is 62.9 Å². The molecule has 1 saturated carbocycles. The van der Waals surface area contributed by atoms with Crippen molar-refractivity contribution in [1.29, 1.82) is 0 Å². The molecule has 1 fully saturated rings. The molecule has 2 unspecified atom stereocenters. The summed E-state index contributed by atoms with van der Waals surface area (Å²) in [6.45, 7) is 6.05. The largest absolute Gasteiger partial charge is 0.497 e. The van der Waals surface area contributed by atoms with Crippen LogP contribution in [0.1, 0.15) is 46.5 Å².